The number of anilines is 1. The number of nitrogens with one attached hydrogen (secondary N) is 1. The highest BCUT2D eigenvalue weighted by Crippen LogP contribution is 2.30. The van der Waals surface area contributed by atoms with E-state index < -0.39 is 0 Å². The maximum Gasteiger partial charge on any atom is 0.256 e. The maximum absolute atomic E-state index is 13.3. The Morgan fingerprint density at radius 2 is 1.87 bits per heavy atom. The van der Waals surface area contributed by atoms with Gasteiger partial charge in [0, 0.05) is 29.9 Å². The van der Waals surface area contributed by atoms with Crippen LogP contribution in [-0.4, -0.2) is 34.9 Å². The van der Waals surface area contributed by atoms with E-state index in [0.717, 1.165) is 10.6 Å². The Morgan fingerprint density at radius 3 is 2.47 bits per heavy atom. The third-order valence-corrected chi connectivity index (χ3v) is 5.58. The lowest BCUT2D eigenvalue weighted by atomic mass is 10.1. The zero-order valence-electron chi connectivity index (χ0n) is 17.2. The van der Waals surface area contributed by atoms with Crippen LogP contribution in [0, 0.1) is 0 Å². The van der Waals surface area contributed by atoms with E-state index in [1.807, 2.05) is 42.1 Å². The minimum atomic E-state index is -0.251. The molecule has 0 radical (unpaired) electrons. The van der Waals surface area contributed by atoms with E-state index in [9.17, 15) is 4.79 Å². The van der Waals surface area contributed by atoms with Gasteiger partial charge in [-0.2, -0.15) is 5.10 Å². The molecule has 0 unspecified atom stereocenters. The maximum atomic E-state index is 13.3. The van der Waals surface area contributed by atoms with E-state index in [2.05, 4.69) is 10.4 Å². The molecule has 0 saturated heterocycles. The van der Waals surface area contributed by atoms with Gasteiger partial charge in [-0.05, 0) is 31.4 Å². The van der Waals surface area contributed by atoms with Gasteiger partial charge in [-0.15, -0.1) is 11.3 Å². The number of aromatic nitrogens is 3. The highest BCUT2D eigenvalue weighted by atomic mass is 32.1. The zero-order valence-corrected chi connectivity index (χ0v) is 18.0. The van der Waals surface area contributed by atoms with Gasteiger partial charge < -0.3 is 14.8 Å². The van der Waals surface area contributed by atoms with Crippen LogP contribution < -0.4 is 14.8 Å². The zero-order chi connectivity index (χ0) is 21.3. The Balaban J connectivity index is 1.80. The monoisotopic (exact) mass is 422 g/mol. The van der Waals surface area contributed by atoms with Gasteiger partial charge >= 0.3 is 0 Å². The van der Waals surface area contributed by atoms with Crippen molar-refractivity contribution < 1.29 is 14.3 Å². The number of thiophene rings is 1. The quantitative estimate of drug-likeness (QED) is 0.473. The highest BCUT2D eigenvalue weighted by Gasteiger charge is 2.19. The lowest BCUT2D eigenvalue weighted by Gasteiger charge is -2.12. The Morgan fingerprint density at radius 1 is 1.13 bits per heavy atom. The Hall–Kier alpha value is -3.39. The smallest absolute Gasteiger partial charge is 0.256 e. The Labute approximate surface area is 178 Å². The van der Waals surface area contributed by atoms with Crippen molar-refractivity contribution in [3.05, 3.63) is 53.5 Å². The minimum Gasteiger partial charge on any atom is -0.497 e. The summed E-state index contributed by atoms with van der Waals surface area (Å²) in [6.07, 6.45) is 1.70. The van der Waals surface area contributed by atoms with Gasteiger partial charge in [-0.3, -0.25) is 4.79 Å². The molecular formula is C22H22N4O3S. The predicted molar refractivity (Wildman–Crippen MR) is 119 cm³/mol. The molecule has 0 aliphatic rings. The fraction of sp³-hybridized carbons (Fsp3) is 0.227. The normalized spacial score (nSPS) is 11.1. The summed E-state index contributed by atoms with van der Waals surface area (Å²) in [5.41, 5.74) is 2.52. The SMILES string of the molecule is COc1cc(NC(=O)c2cc(-c3cccs3)nc3c2cnn3C(C)C)cc(OC)c1. The van der Waals surface area contributed by atoms with E-state index in [4.69, 9.17) is 14.5 Å². The molecule has 0 aliphatic carbocycles. The topological polar surface area (TPSA) is 78.3 Å². The number of amides is 1. The lowest BCUT2D eigenvalue weighted by molar-refractivity contribution is 0.102. The number of hydrogen-bond acceptors (Lipinski definition) is 6. The number of pyridine rings is 1. The van der Waals surface area contributed by atoms with E-state index in [-0.39, 0.29) is 11.9 Å². The number of hydrogen-bond donors (Lipinski definition) is 1. The molecule has 0 fully saturated rings. The third kappa shape index (κ3) is 3.73. The summed E-state index contributed by atoms with van der Waals surface area (Å²) in [6.45, 7) is 4.07. The molecule has 4 rings (SSSR count). The second kappa shape index (κ2) is 8.16. The van der Waals surface area contributed by atoms with Crippen LogP contribution in [0.3, 0.4) is 0 Å². The third-order valence-electron chi connectivity index (χ3n) is 4.68. The number of rotatable bonds is 6. The molecule has 7 nitrogen and oxygen atoms in total. The fourth-order valence-corrected chi connectivity index (χ4v) is 3.90. The standard InChI is InChI=1S/C22H22N4O3S/c1-13(2)26-21-18(12-23-26)17(11-19(25-21)20-6-5-7-30-20)22(27)24-14-8-15(28-3)10-16(9-14)29-4/h5-13H,1-4H3,(H,24,27). The highest BCUT2D eigenvalue weighted by molar-refractivity contribution is 7.13. The number of nitrogens with zero attached hydrogens (tertiary/aromatic N) is 3. The van der Waals surface area contributed by atoms with Gasteiger partial charge in [-0.1, -0.05) is 6.07 Å². The minimum absolute atomic E-state index is 0.118. The van der Waals surface area contributed by atoms with Crippen LogP contribution in [0.25, 0.3) is 21.6 Å². The van der Waals surface area contributed by atoms with Crippen LogP contribution in [0.15, 0.2) is 48.0 Å². The molecule has 30 heavy (non-hydrogen) atoms. The van der Waals surface area contributed by atoms with Gasteiger partial charge in [0.1, 0.15) is 11.5 Å². The lowest BCUT2D eigenvalue weighted by Crippen LogP contribution is -2.13. The van der Waals surface area contributed by atoms with Crippen molar-refractivity contribution in [3.8, 4) is 22.1 Å². The van der Waals surface area contributed by atoms with Crippen LogP contribution in [0.5, 0.6) is 11.5 Å². The number of methoxy groups -OCH3 is 2. The van der Waals surface area contributed by atoms with Crippen LogP contribution in [-0.2, 0) is 0 Å². The van der Waals surface area contributed by atoms with Gasteiger partial charge in [0.05, 0.1) is 41.9 Å². The van der Waals surface area contributed by atoms with Crippen molar-refractivity contribution >= 4 is 34.0 Å². The number of carbonyl (C=O) groups is 1. The molecule has 0 spiro atoms. The summed E-state index contributed by atoms with van der Waals surface area (Å²) in [5.74, 6) is 0.937. The van der Waals surface area contributed by atoms with Crippen molar-refractivity contribution in [2.75, 3.05) is 19.5 Å². The van der Waals surface area contributed by atoms with Crippen LogP contribution >= 0.6 is 11.3 Å². The summed E-state index contributed by atoms with van der Waals surface area (Å²) in [4.78, 5) is 19.1. The molecule has 154 valence electrons. The molecule has 0 saturated carbocycles. The molecule has 3 heterocycles. The molecule has 8 heteroatoms. The molecule has 3 aromatic heterocycles. The second-order valence-electron chi connectivity index (χ2n) is 7.01. The summed E-state index contributed by atoms with van der Waals surface area (Å²) >= 11 is 1.58. The molecule has 0 aliphatic heterocycles. The van der Waals surface area contributed by atoms with Gasteiger partial charge in [0.2, 0.25) is 0 Å². The predicted octanol–water partition coefficient (Wildman–Crippen LogP) is 5.01. The average Bonchev–Trinajstić information content (AvgIpc) is 3.42. The summed E-state index contributed by atoms with van der Waals surface area (Å²) in [6, 6.07) is 11.1. The van der Waals surface area contributed by atoms with Gasteiger partial charge in [0.15, 0.2) is 5.65 Å². The molecule has 1 N–H and O–H groups in total. The first kappa shape index (κ1) is 19.9. The van der Waals surface area contributed by atoms with Crippen LogP contribution in [0.2, 0.25) is 0 Å². The largest absolute Gasteiger partial charge is 0.497 e. The van der Waals surface area contributed by atoms with E-state index in [1.54, 1.807) is 50.0 Å². The average molecular weight is 423 g/mol. The van der Waals surface area contributed by atoms with Crippen molar-refractivity contribution in [3.63, 3.8) is 0 Å². The van der Waals surface area contributed by atoms with E-state index in [0.29, 0.717) is 33.8 Å². The molecular weight excluding hydrogens is 400 g/mol. The van der Waals surface area contributed by atoms with Crippen molar-refractivity contribution in [1.29, 1.82) is 0 Å². The first-order valence-corrected chi connectivity index (χ1v) is 10.3. The molecule has 0 bridgehead atoms. The molecule has 1 aromatic carbocycles. The van der Waals surface area contributed by atoms with Crippen LogP contribution in [0.4, 0.5) is 5.69 Å². The number of carbonyl (C=O) groups excluding carboxylic acids is 1. The van der Waals surface area contributed by atoms with Crippen molar-refractivity contribution in [1.82, 2.24) is 14.8 Å². The van der Waals surface area contributed by atoms with Crippen LogP contribution in [0.1, 0.15) is 30.2 Å². The first-order valence-electron chi connectivity index (χ1n) is 9.46. The summed E-state index contributed by atoms with van der Waals surface area (Å²) in [5, 5.41) is 10.1. The number of ether oxygens (including phenoxy) is 2. The summed E-state index contributed by atoms with van der Waals surface area (Å²) < 4.78 is 12.4. The van der Waals surface area contributed by atoms with E-state index >= 15 is 0 Å². The Bertz CT molecular complexity index is 1180. The molecule has 4 aromatic rings. The number of benzene rings is 1. The molecule has 0 atom stereocenters. The summed E-state index contributed by atoms with van der Waals surface area (Å²) in [7, 11) is 3.14. The first-order chi connectivity index (χ1) is 14.5. The van der Waals surface area contributed by atoms with Gasteiger partial charge in [-0.25, -0.2) is 9.67 Å². The van der Waals surface area contributed by atoms with Gasteiger partial charge in [0.25, 0.3) is 5.91 Å². The fourth-order valence-electron chi connectivity index (χ4n) is 3.21. The molecule has 1 amide bonds. The Kier molecular flexibility index (Phi) is 5.41. The second-order valence-corrected chi connectivity index (χ2v) is 7.96. The van der Waals surface area contributed by atoms with E-state index in [1.165, 1.54) is 0 Å². The van der Waals surface area contributed by atoms with Crippen molar-refractivity contribution in [2.45, 2.75) is 19.9 Å². The van der Waals surface area contributed by atoms with Crippen molar-refractivity contribution in [2.24, 2.45) is 0 Å². The number of fused-ring (bicyclic) bond motifs is 1.